The van der Waals surface area contributed by atoms with Crippen LogP contribution >= 0.6 is 0 Å². The average molecular weight is 727 g/mol. The molecule has 0 saturated carbocycles. The minimum absolute atomic E-state index is 0.113. The largest absolute Gasteiger partial charge is 0.453 e. The van der Waals surface area contributed by atoms with E-state index >= 15 is 0 Å². The first-order chi connectivity index (χ1) is 20.8. The minimum atomic E-state index is -2.24. The van der Waals surface area contributed by atoms with E-state index in [9.17, 15) is 4.79 Å². The van der Waals surface area contributed by atoms with Crippen LogP contribution in [0, 0.1) is 0 Å². The van der Waals surface area contributed by atoms with Crippen molar-refractivity contribution in [2.75, 3.05) is 13.7 Å². The van der Waals surface area contributed by atoms with Gasteiger partial charge in [0.2, 0.25) is 0 Å². The van der Waals surface area contributed by atoms with Gasteiger partial charge < -0.3 is 31.5 Å². The molecule has 0 radical (unpaired) electrons. The molecule has 0 aliphatic carbocycles. The third-order valence-electron chi connectivity index (χ3n) is 6.61. The maximum absolute atomic E-state index is 13.9. The molecule has 4 atom stereocenters. The van der Waals surface area contributed by atoms with Crippen LogP contribution in [0.2, 0.25) is 98.2 Å². The Morgan fingerprint density at radius 2 is 1.33 bits per heavy atom. The number of ether oxygens (including phenoxy) is 1. The normalized spacial score (nSPS) is 16.4. The van der Waals surface area contributed by atoms with Crippen LogP contribution in [0.15, 0.2) is 35.6 Å². The zero-order chi connectivity index (χ0) is 35.3. The van der Waals surface area contributed by atoms with Crippen LogP contribution in [0.1, 0.15) is 5.56 Å². The number of carbonyl (C=O) groups excluding carboxylic acids is 1. The molecule has 1 heterocycles. The third kappa shape index (κ3) is 14.0. The van der Waals surface area contributed by atoms with Crippen LogP contribution < -0.4 is 0 Å². The molecular weight excluding hydrogens is 665 g/mol. The zero-order valence-electron chi connectivity index (χ0n) is 31.4. The maximum atomic E-state index is 13.9. The highest BCUT2D eigenvalue weighted by molar-refractivity contribution is 6.75. The lowest BCUT2D eigenvalue weighted by Crippen LogP contribution is -2.59. The lowest BCUT2D eigenvalue weighted by molar-refractivity contribution is -0.154. The number of benzene rings is 1. The molecule has 2 aromatic rings. The standard InChI is InChI=1S/C32H62N2O7Si5/c1-36-33-22-28(38-30(35)21-25-23-34(42(2,3)4)27-20-18-17-19-26(25)27)31(40-45(11,12)13)32(41-46(14,15)16)29(39-44(8,9)10)24-37-43(5,6)7/h17-20,22-23,28-29,31-32H,21,24H2,1-16H3/b33-22-/t28-,29+,31+,32+/m0/s1. The molecule has 0 saturated heterocycles. The fourth-order valence-electron chi connectivity index (χ4n) is 5.07. The molecule has 0 N–H and O–H groups in total. The molecule has 0 aliphatic rings. The zero-order valence-corrected chi connectivity index (χ0v) is 36.4. The molecule has 46 heavy (non-hydrogen) atoms. The Hall–Kier alpha value is -1.38. The van der Waals surface area contributed by atoms with Gasteiger partial charge in [0.05, 0.1) is 25.3 Å². The van der Waals surface area contributed by atoms with Gasteiger partial charge in [-0.3, -0.25) is 4.79 Å². The molecule has 0 aliphatic heterocycles. The summed E-state index contributed by atoms with van der Waals surface area (Å²) in [5.41, 5.74) is 2.07. The number of aromatic nitrogens is 1. The van der Waals surface area contributed by atoms with Gasteiger partial charge in [0, 0.05) is 10.9 Å². The van der Waals surface area contributed by atoms with E-state index in [1.54, 1.807) is 0 Å². The van der Waals surface area contributed by atoms with Crippen molar-refractivity contribution in [1.29, 1.82) is 0 Å². The number of nitrogens with zero attached hydrogens (tertiary/aromatic N) is 2. The van der Waals surface area contributed by atoms with E-state index < -0.39 is 65.9 Å². The highest BCUT2D eigenvalue weighted by Crippen LogP contribution is 2.29. The molecule has 0 amide bonds. The van der Waals surface area contributed by atoms with E-state index in [1.165, 1.54) is 13.3 Å². The van der Waals surface area contributed by atoms with Gasteiger partial charge in [-0.15, -0.1) is 0 Å². The summed E-state index contributed by atoms with van der Waals surface area (Å²) >= 11 is 0. The molecule has 14 heteroatoms. The van der Waals surface area contributed by atoms with Gasteiger partial charge >= 0.3 is 5.97 Å². The molecule has 0 fully saturated rings. The van der Waals surface area contributed by atoms with Crippen molar-refractivity contribution in [1.82, 2.24) is 4.23 Å². The molecule has 9 nitrogen and oxygen atoms in total. The van der Waals surface area contributed by atoms with Gasteiger partial charge in [-0.1, -0.05) is 43.0 Å². The second-order valence-electron chi connectivity index (χ2n) is 16.9. The number of carbonyl (C=O) groups is 1. The average Bonchev–Trinajstić information content (AvgIpc) is 3.23. The summed E-state index contributed by atoms with van der Waals surface area (Å²) in [6.45, 7) is 33.0. The van der Waals surface area contributed by atoms with Gasteiger partial charge in [-0.2, -0.15) is 0 Å². The highest BCUT2D eigenvalue weighted by Gasteiger charge is 2.45. The Labute approximate surface area is 283 Å². The first-order valence-electron chi connectivity index (χ1n) is 16.3. The van der Waals surface area contributed by atoms with Crippen LogP contribution in [0.25, 0.3) is 10.9 Å². The maximum Gasteiger partial charge on any atom is 0.311 e. The van der Waals surface area contributed by atoms with Crippen molar-refractivity contribution in [2.45, 2.75) is 129 Å². The van der Waals surface area contributed by atoms with Crippen molar-refractivity contribution in [3.63, 3.8) is 0 Å². The number of hydrogen-bond donors (Lipinski definition) is 0. The Kier molecular flexibility index (Phi) is 14.1. The monoisotopic (exact) mass is 726 g/mol. The molecule has 1 aromatic heterocycles. The Balaban J connectivity index is 2.63. The summed E-state index contributed by atoms with van der Waals surface area (Å²) in [7, 11) is -8.66. The van der Waals surface area contributed by atoms with E-state index in [-0.39, 0.29) is 12.4 Å². The second kappa shape index (κ2) is 15.9. The Morgan fingerprint density at radius 1 is 0.783 bits per heavy atom. The number of para-hydroxylation sites is 1. The van der Waals surface area contributed by atoms with Crippen molar-refractivity contribution in [3.05, 3.63) is 36.0 Å². The van der Waals surface area contributed by atoms with Gasteiger partial charge in [-0.25, -0.2) is 0 Å². The van der Waals surface area contributed by atoms with E-state index in [1.807, 2.05) is 12.1 Å². The molecular formula is C32H62N2O7Si5. The summed E-state index contributed by atoms with van der Waals surface area (Å²) in [6.07, 6.45) is 1.17. The van der Waals surface area contributed by atoms with E-state index in [0.717, 1.165) is 16.5 Å². The number of hydrogen-bond acceptors (Lipinski definition) is 8. The quantitative estimate of drug-likeness (QED) is 0.0668. The smallest absolute Gasteiger partial charge is 0.311 e. The fraction of sp³-hybridized carbons (Fsp3) is 0.688. The van der Waals surface area contributed by atoms with E-state index in [4.69, 9.17) is 27.3 Å². The van der Waals surface area contributed by atoms with Crippen LogP contribution in [0.4, 0.5) is 0 Å². The molecule has 0 unspecified atom stereocenters. The predicted molar refractivity (Wildman–Crippen MR) is 204 cm³/mol. The van der Waals surface area contributed by atoms with Crippen molar-refractivity contribution < 1.29 is 32.1 Å². The first-order valence-corrected chi connectivity index (χ1v) is 33.4. The van der Waals surface area contributed by atoms with E-state index in [0.29, 0.717) is 6.61 Å². The minimum Gasteiger partial charge on any atom is -0.453 e. The molecule has 0 spiro atoms. The van der Waals surface area contributed by atoms with Gasteiger partial charge in [-0.05, 0) is 96.4 Å². The number of fused-ring (bicyclic) bond motifs is 1. The molecule has 2 rings (SSSR count). The van der Waals surface area contributed by atoms with Gasteiger partial charge in [0.25, 0.3) is 0 Å². The molecule has 0 bridgehead atoms. The summed E-state index contributed by atoms with van der Waals surface area (Å²) in [5.74, 6) is -0.372. The SMILES string of the molecule is CO/N=C\[C@H](OC(=O)Cc1cn([Si](C)(C)C)c2ccccc12)[C@@H](O[Si](C)(C)C)[C@H](O[Si](C)(C)C)[C@@H](CO[Si](C)(C)C)O[Si](C)(C)C. The second-order valence-corrected chi connectivity index (χ2v) is 39.6. The van der Waals surface area contributed by atoms with Crippen molar-refractivity contribution >= 4 is 64.6 Å². The van der Waals surface area contributed by atoms with Crippen LogP contribution in [-0.2, 0) is 38.5 Å². The summed E-state index contributed by atoms with van der Waals surface area (Å²) in [6, 6.07) is 8.25. The topological polar surface area (TPSA) is 89.7 Å². The number of rotatable bonds is 18. The summed E-state index contributed by atoms with van der Waals surface area (Å²) in [4.78, 5) is 19.0. The highest BCUT2D eigenvalue weighted by atomic mass is 28.4. The first kappa shape index (κ1) is 40.8. The number of oxime groups is 1. The number of esters is 1. The summed E-state index contributed by atoms with van der Waals surface area (Å²) < 4.78 is 35.8. The lowest BCUT2D eigenvalue weighted by atomic mass is 10.0. The van der Waals surface area contributed by atoms with Crippen LogP contribution in [-0.4, -0.2) is 96.1 Å². The molecule has 1 aromatic carbocycles. The third-order valence-corrected chi connectivity index (χ3v) is 12.4. The fourth-order valence-corrected chi connectivity index (χ4v) is 10.5. The summed E-state index contributed by atoms with van der Waals surface area (Å²) in [5, 5.41) is 5.16. The van der Waals surface area contributed by atoms with E-state index in [2.05, 4.69) is 126 Å². The molecule has 262 valence electrons. The van der Waals surface area contributed by atoms with Gasteiger partial charge in [0.1, 0.15) is 19.3 Å². The van der Waals surface area contributed by atoms with Crippen LogP contribution in [0.5, 0.6) is 0 Å². The Bertz CT molecular complexity index is 1300. The predicted octanol–water partition coefficient (Wildman–Crippen LogP) is 7.92. The van der Waals surface area contributed by atoms with Crippen molar-refractivity contribution in [2.24, 2.45) is 5.16 Å². The van der Waals surface area contributed by atoms with Crippen molar-refractivity contribution in [3.8, 4) is 0 Å². The lowest BCUT2D eigenvalue weighted by Gasteiger charge is -2.43. The van der Waals surface area contributed by atoms with Gasteiger partial charge in [0.15, 0.2) is 47.6 Å². The van der Waals surface area contributed by atoms with Crippen LogP contribution in [0.3, 0.4) is 0 Å². The Morgan fingerprint density at radius 3 is 1.83 bits per heavy atom.